The number of rotatable bonds is 4. The zero-order chi connectivity index (χ0) is 10.7. The largest absolute Gasteiger partial charge is 0.376 e. The third-order valence-corrected chi connectivity index (χ3v) is 2.47. The molecule has 0 atom stereocenters. The summed E-state index contributed by atoms with van der Waals surface area (Å²) in [6, 6.07) is 6.33. The van der Waals surface area contributed by atoms with Crippen LogP contribution in [0.4, 0.5) is 4.39 Å². The molecule has 3 heteroatoms. The molecule has 1 saturated carbocycles. The number of ether oxygens (including phenoxy) is 1. The first-order valence-corrected chi connectivity index (χ1v) is 5.06. The summed E-state index contributed by atoms with van der Waals surface area (Å²) in [5, 5.41) is 8.64. The Labute approximate surface area is 88.3 Å². The van der Waals surface area contributed by atoms with Crippen LogP contribution in [-0.4, -0.2) is 6.61 Å². The molecule has 0 heterocycles. The molecule has 0 unspecified atom stereocenters. The van der Waals surface area contributed by atoms with E-state index in [1.807, 2.05) is 6.07 Å². The molecule has 0 saturated heterocycles. The first-order valence-electron chi connectivity index (χ1n) is 5.06. The van der Waals surface area contributed by atoms with Gasteiger partial charge in [0, 0.05) is 6.61 Å². The molecule has 1 aromatic carbocycles. The summed E-state index contributed by atoms with van der Waals surface area (Å²) in [6.07, 6.45) is 2.51. The molecule has 2 rings (SSSR count). The van der Waals surface area contributed by atoms with E-state index in [4.69, 9.17) is 10.00 Å². The maximum Gasteiger partial charge on any atom is 0.140 e. The molecule has 1 aromatic rings. The van der Waals surface area contributed by atoms with Crippen LogP contribution >= 0.6 is 0 Å². The van der Waals surface area contributed by atoms with Gasteiger partial charge in [-0.3, -0.25) is 0 Å². The fraction of sp³-hybridized carbons (Fsp3) is 0.417. The topological polar surface area (TPSA) is 33.0 Å². The van der Waals surface area contributed by atoms with E-state index in [2.05, 4.69) is 0 Å². The lowest BCUT2D eigenvalue weighted by Crippen LogP contribution is -1.98. The number of nitrogens with zero attached hydrogens (tertiary/aromatic N) is 1. The van der Waals surface area contributed by atoms with E-state index in [1.54, 1.807) is 12.1 Å². The van der Waals surface area contributed by atoms with Crippen LogP contribution in [0.3, 0.4) is 0 Å². The highest BCUT2D eigenvalue weighted by molar-refractivity contribution is 5.34. The monoisotopic (exact) mass is 205 g/mol. The van der Waals surface area contributed by atoms with Crippen molar-refractivity contribution in [3.63, 3.8) is 0 Å². The Morgan fingerprint density at radius 1 is 1.47 bits per heavy atom. The quantitative estimate of drug-likeness (QED) is 0.757. The van der Waals surface area contributed by atoms with Gasteiger partial charge in [0.1, 0.15) is 11.9 Å². The highest BCUT2D eigenvalue weighted by Gasteiger charge is 2.21. The van der Waals surface area contributed by atoms with Crippen LogP contribution in [0, 0.1) is 23.1 Å². The van der Waals surface area contributed by atoms with Crippen LogP contribution in [0.2, 0.25) is 0 Å². The van der Waals surface area contributed by atoms with E-state index >= 15 is 0 Å². The van der Waals surface area contributed by atoms with Gasteiger partial charge in [-0.25, -0.2) is 4.39 Å². The zero-order valence-corrected chi connectivity index (χ0v) is 8.37. The predicted molar refractivity (Wildman–Crippen MR) is 53.5 cm³/mol. The van der Waals surface area contributed by atoms with Crippen molar-refractivity contribution in [1.29, 1.82) is 5.26 Å². The molecule has 2 nitrogen and oxygen atoms in total. The van der Waals surface area contributed by atoms with Crippen molar-refractivity contribution in [2.45, 2.75) is 19.4 Å². The third-order valence-electron chi connectivity index (χ3n) is 2.47. The standard InChI is InChI=1S/C12H12FNO/c13-12-4-3-10(5-11(12)6-14)8-15-7-9-1-2-9/h3-5,9H,1-2,7-8H2. The van der Waals surface area contributed by atoms with Gasteiger partial charge >= 0.3 is 0 Å². The second kappa shape index (κ2) is 4.41. The van der Waals surface area contributed by atoms with Crippen molar-refractivity contribution >= 4 is 0 Å². The molecule has 0 aliphatic heterocycles. The third kappa shape index (κ3) is 2.77. The minimum absolute atomic E-state index is 0.0857. The molecule has 0 aromatic heterocycles. The number of hydrogen-bond donors (Lipinski definition) is 0. The van der Waals surface area contributed by atoms with Gasteiger partial charge in [0.25, 0.3) is 0 Å². The minimum Gasteiger partial charge on any atom is -0.376 e. The summed E-state index contributed by atoms with van der Waals surface area (Å²) >= 11 is 0. The van der Waals surface area contributed by atoms with E-state index in [-0.39, 0.29) is 5.56 Å². The van der Waals surface area contributed by atoms with Gasteiger partial charge in [-0.05, 0) is 36.5 Å². The summed E-state index contributed by atoms with van der Waals surface area (Å²) in [4.78, 5) is 0. The molecule has 0 N–H and O–H groups in total. The molecule has 0 bridgehead atoms. The van der Waals surface area contributed by atoms with Crippen molar-refractivity contribution < 1.29 is 9.13 Å². The zero-order valence-electron chi connectivity index (χ0n) is 8.37. The Bertz CT molecular complexity index is 393. The second-order valence-electron chi connectivity index (χ2n) is 3.88. The number of nitriles is 1. The van der Waals surface area contributed by atoms with Gasteiger partial charge in [-0.1, -0.05) is 6.07 Å². The number of benzene rings is 1. The summed E-state index contributed by atoms with van der Waals surface area (Å²) in [5.74, 6) is 0.254. The van der Waals surface area contributed by atoms with Crippen LogP contribution in [-0.2, 0) is 11.3 Å². The van der Waals surface area contributed by atoms with Gasteiger partial charge in [-0.2, -0.15) is 5.26 Å². The van der Waals surface area contributed by atoms with Gasteiger partial charge < -0.3 is 4.74 Å². The molecule has 78 valence electrons. The summed E-state index contributed by atoms with van der Waals surface area (Å²) in [6.45, 7) is 1.24. The van der Waals surface area contributed by atoms with Crippen molar-refractivity contribution in [2.24, 2.45) is 5.92 Å². The smallest absolute Gasteiger partial charge is 0.140 e. The van der Waals surface area contributed by atoms with Crippen LogP contribution < -0.4 is 0 Å². The SMILES string of the molecule is N#Cc1cc(COCC2CC2)ccc1F. The normalized spacial score (nSPS) is 14.9. The van der Waals surface area contributed by atoms with Crippen LogP contribution in [0.1, 0.15) is 24.0 Å². The van der Waals surface area contributed by atoms with Gasteiger partial charge in [0.2, 0.25) is 0 Å². The number of hydrogen-bond acceptors (Lipinski definition) is 2. The Balaban J connectivity index is 1.92. The average Bonchev–Trinajstić information content (AvgIpc) is 3.04. The minimum atomic E-state index is -0.469. The Morgan fingerprint density at radius 2 is 2.27 bits per heavy atom. The van der Waals surface area contributed by atoms with Crippen molar-refractivity contribution in [3.05, 3.63) is 35.1 Å². The molecule has 1 aliphatic carbocycles. The summed E-state index contributed by atoms with van der Waals surface area (Å²) in [5.41, 5.74) is 0.941. The number of halogens is 1. The molecular weight excluding hydrogens is 193 g/mol. The Morgan fingerprint density at radius 3 is 2.93 bits per heavy atom. The van der Waals surface area contributed by atoms with Crippen LogP contribution in [0.25, 0.3) is 0 Å². The fourth-order valence-corrected chi connectivity index (χ4v) is 1.38. The van der Waals surface area contributed by atoms with Gasteiger partial charge in [0.15, 0.2) is 0 Å². The first kappa shape index (κ1) is 10.1. The Hall–Kier alpha value is -1.40. The van der Waals surface area contributed by atoms with Gasteiger partial charge in [-0.15, -0.1) is 0 Å². The Kier molecular flexibility index (Phi) is 2.98. The van der Waals surface area contributed by atoms with Crippen molar-refractivity contribution in [2.75, 3.05) is 6.61 Å². The van der Waals surface area contributed by atoms with Crippen LogP contribution in [0.15, 0.2) is 18.2 Å². The lowest BCUT2D eigenvalue weighted by Gasteiger charge is -2.03. The van der Waals surface area contributed by atoms with E-state index in [0.29, 0.717) is 6.61 Å². The lowest BCUT2D eigenvalue weighted by atomic mass is 10.1. The maximum absolute atomic E-state index is 13.0. The maximum atomic E-state index is 13.0. The molecule has 15 heavy (non-hydrogen) atoms. The highest BCUT2D eigenvalue weighted by atomic mass is 19.1. The highest BCUT2D eigenvalue weighted by Crippen LogP contribution is 2.29. The summed E-state index contributed by atoms with van der Waals surface area (Å²) < 4.78 is 18.4. The van der Waals surface area contributed by atoms with E-state index in [1.165, 1.54) is 18.9 Å². The average molecular weight is 205 g/mol. The summed E-state index contributed by atoms with van der Waals surface area (Å²) in [7, 11) is 0. The van der Waals surface area contributed by atoms with Gasteiger partial charge in [0.05, 0.1) is 12.2 Å². The van der Waals surface area contributed by atoms with E-state index < -0.39 is 5.82 Å². The van der Waals surface area contributed by atoms with Crippen LogP contribution in [0.5, 0.6) is 0 Å². The predicted octanol–water partition coefficient (Wildman–Crippen LogP) is 2.62. The molecule has 1 aliphatic rings. The lowest BCUT2D eigenvalue weighted by molar-refractivity contribution is 0.111. The molecule has 0 radical (unpaired) electrons. The van der Waals surface area contributed by atoms with E-state index in [9.17, 15) is 4.39 Å². The molecular formula is C12H12FNO. The second-order valence-corrected chi connectivity index (χ2v) is 3.88. The molecule has 1 fully saturated rings. The fourth-order valence-electron chi connectivity index (χ4n) is 1.38. The molecule has 0 amide bonds. The van der Waals surface area contributed by atoms with Crippen molar-refractivity contribution in [1.82, 2.24) is 0 Å². The van der Waals surface area contributed by atoms with E-state index in [0.717, 1.165) is 18.1 Å². The molecule has 0 spiro atoms. The van der Waals surface area contributed by atoms with Crippen molar-refractivity contribution in [3.8, 4) is 6.07 Å². The first-order chi connectivity index (χ1) is 7.29.